The van der Waals surface area contributed by atoms with Crippen molar-refractivity contribution >= 4 is 66.8 Å². The first kappa shape index (κ1) is 23.5. The van der Waals surface area contributed by atoms with Crippen LogP contribution in [0.3, 0.4) is 0 Å². The Morgan fingerprint density at radius 2 is 1.62 bits per heavy atom. The second kappa shape index (κ2) is 11.4. The Morgan fingerprint density at radius 1 is 1.08 bits per heavy atom. The van der Waals surface area contributed by atoms with Crippen LogP contribution in [0.2, 0.25) is 12.6 Å². The summed E-state index contributed by atoms with van der Waals surface area (Å²) < 4.78 is 13.7. The lowest BCUT2D eigenvalue weighted by Crippen LogP contribution is -2.34. The molecule has 0 spiro atoms. The van der Waals surface area contributed by atoms with Gasteiger partial charge in [-0.1, -0.05) is 66.8 Å². The average molecular weight is 574 g/mol. The van der Waals surface area contributed by atoms with Crippen molar-refractivity contribution in [3.63, 3.8) is 0 Å². The molecule has 147 valence electrons. The fourth-order valence-electron chi connectivity index (χ4n) is 3.46. The monoisotopic (exact) mass is 571 g/mol. The van der Waals surface area contributed by atoms with Crippen LogP contribution in [-0.2, 0) is 9.47 Å². The SMILES string of the molecule is C[B]C1CC(SC2C=C(Br)C(OCC)C(Br)C2)C=C(Br)C(OCC)[C@@H]1O. The van der Waals surface area contributed by atoms with Gasteiger partial charge in [-0.2, -0.15) is 0 Å². The third-order valence-corrected chi connectivity index (χ3v) is 8.38. The number of rotatable bonds is 7. The minimum atomic E-state index is -0.518. The van der Waals surface area contributed by atoms with Crippen molar-refractivity contribution in [1.82, 2.24) is 0 Å². The van der Waals surface area contributed by atoms with E-state index in [2.05, 4.69) is 67.2 Å². The third-order valence-electron chi connectivity index (χ3n) is 4.74. The lowest BCUT2D eigenvalue weighted by atomic mass is 9.62. The van der Waals surface area contributed by atoms with E-state index in [0.717, 1.165) is 21.8 Å². The van der Waals surface area contributed by atoms with E-state index in [-0.39, 0.29) is 18.0 Å². The predicted molar refractivity (Wildman–Crippen MR) is 123 cm³/mol. The topological polar surface area (TPSA) is 38.7 Å². The lowest BCUT2D eigenvalue weighted by Gasteiger charge is -2.32. The quantitative estimate of drug-likeness (QED) is 0.332. The van der Waals surface area contributed by atoms with Gasteiger partial charge in [0.05, 0.1) is 6.10 Å². The van der Waals surface area contributed by atoms with Gasteiger partial charge in [-0.05, 0) is 32.5 Å². The Labute approximate surface area is 187 Å². The predicted octanol–water partition coefficient (Wildman–Crippen LogP) is 5.30. The Morgan fingerprint density at radius 3 is 2.15 bits per heavy atom. The van der Waals surface area contributed by atoms with Gasteiger partial charge in [0.25, 0.3) is 0 Å². The molecule has 7 atom stereocenters. The number of halogens is 3. The highest BCUT2D eigenvalue weighted by Gasteiger charge is 2.36. The highest BCUT2D eigenvalue weighted by Crippen LogP contribution is 2.42. The zero-order chi connectivity index (χ0) is 19.3. The van der Waals surface area contributed by atoms with Gasteiger partial charge in [-0.25, -0.2) is 0 Å². The summed E-state index contributed by atoms with van der Waals surface area (Å²) in [5.41, 5.74) is 0. The Bertz CT molecular complexity index is 520. The van der Waals surface area contributed by atoms with Crippen molar-refractivity contribution in [3.8, 4) is 0 Å². The minimum absolute atomic E-state index is 0.0918. The van der Waals surface area contributed by atoms with Crippen molar-refractivity contribution in [2.45, 2.75) is 73.0 Å². The van der Waals surface area contributed by atoms with E-state index in [4.69, 9.17) is 9.47 Å². The molecule has 0 bridgehead atoms. The third kappa shape index (κ3) is 6.10. The molecule has 0 saturated carbocycles. The smallest absolute Gasteiger partial charge is 0.114 e. The molecule has 0 heterocycles. The first-order chi connectivity index (χ1) is 12.4. The number of alkyl halides is 1. The Balaban J connectivity index is 2.12. The second-order valence-corrected chi connectivity index (χ2v) is 11.0. The van der Waals surface area contributed by atoms with Crippen LogP contribution in [0.5, 0.6) is 0 Å². The van der Waals surface area contributed by atoms with Crippen molar-refractivity contribution in [1.29, 1.82) is 0 Å². The molecule has 8 heteroatoms. The van der Waals surface area contributed by atoms with E-state index in [1.54, 1.807) is 0 Å². The van der Waals surface area contributed by atoms with E-state index in [9.17, 15) is 5.11 Å². The highest BCUT2D eigenvalue weighted by atomic mass is 79.9. The first-order valence-corrected chi connectivity index (χ1v) is 12.6. The molecule has 2 aliphatic rings. The summed E-state index contributed by atoms with van der Waals surface area (Å²) in [5.74, 6) is 0.113. The van der Waals surface area contributed by atoms with Crippen LogP contribution in [0.1, 0.15) is 26.7 Å². The fourth-order valence-corrected chi connectivity index (χ4v) is 8.30. The van der Waals surface area contributed by atoms with Gasteiger partial charge >= 0.3 is 0 Å². The first-order valence-electron chi connectivity index (χ1n) is 9.15. The van der Waals surface area contributed by atoms with Crippen molar-refractivity contribution < 1.29 is 14.6 Å². The molecule has 0 fully saturated rings. The summed E-state index contributed by atoms with van der Waals surface area (Å²) in [4.78, 5) is 0.299. The van der Waals surface area contributed by atoms with E-state index >= 15 is 0 Å². The average Bonchev–Trinajstić information content (AvgIpc) is 2.69. The molecule has 3 nitrogen and oxygen atoms in total. The molecular weight excluding hydrogens is 547 g/mol. The molecular formula is C18H27BBr3O3S. The highest BCUT2D eigenvalue weighted by molar-refractivity contribution is 9.12. The van der Waals surface area contributed by atoms with Gasteiger partial charge in [0.15, 0.2) is 0 Å². The molecule has 0 amide bonds. The standard InChI is InChI=1S/C18H27BBr3O3S/c1-4-24-17-13(20)8-11(9-14(17)21)26-10-6-12(19-3)16(23)18(25-5-2)15(22)7-10/h7-8,10-12,14,16-18,23H,4-6,9H2,1-3H3/t10?,11?,12?,14?,16-,17?,18?/m1/s1. The van der Waals surface area contributed by atoms with Crippen LogP contribution < -0.4 is 0 Å². The molecule has 0 aromatic heterocycles. The molecule has 0 aliphatic heterocycles. The van der Waals surface area contributed by atoms with Crippen LogP contribution in [0.15, 0.2) is 21.1 Å². The molecule has 2 aliphatic carbocycles. The fraction of sp³-hybridized carbons (Fsp3) is 0.778. The molecule has 1 radical (unpaired) electrons. The number of aliphatic hydroxyl groups excluding tert-OH is 1. The molecule has 2 rings (SSSR count). The van der Waals surface area contributed by atoms with Crippen molar-refractivity contribution in [2.24, 2.45) is 0 Å². The number of hydrogen-bond acceptors (Lipinski definition) is 4. The Kier molecular flexibility index (Phi) is 10.3. The molecule has 0 saturated heterocycles. The van der Waals surface area contributed by atoms with Gasteiger partial charge in [0, 0.05) is 37.5 Å². The number of hydrogen-bond donors (Lipinski definition) is 1. The van der Waals surface area contributed by atoms with Crippen LogP contribution >= 0.6 is 59.6 Å². The zero-order valence-corrected chi connectivity index (χ0v) is 21.0. The summed E-state index contributed by atoms with van der Waals surface area (Å²) in [7, 11) is 2.11. The van der Waals surface area contributed by atoms with Crippen molar-refractivity contribution in [3.05, 3.63) is 21.1 Å². The maximum atomic E-state index is 10.7. The van der Waals surface area contributed by atoms with Gasteiger partial charge in [0.2, 0.25) is 0 Å². The number of aliphatic hydroxyl groups is 1. The van der Waals surface area contributed by atoms with Crippen LogP contribution in [-0.4, -0.2) is 59.2 Å². The normalized spacial score (nSPS) is 38.3. The summed E-state index contributed by atoms with van der Waals surface area (Å²) in [6.45, 7) is 7.30. The van der Waals surface area contributed by atoms with Gasteiger partial charge in [-0.3, -0.25) is 0 Å². The second-order valence-electron chi connectivity index (χ2n) is 6.54. The minimum Gasteiger partial charge on any atom is -0.390 e. The maximum absolute atomic E-state index is 10.7. The zero-order valence-electron chi connectivity index (χ0n) is 15.4. The summed E-state index contributed by atoms with van der Waals surface area (Å²) in [6, 6.07) is 0. The van der Waals surface area contributed by atoms with Crippen LogP contribution in [0.4, 0.5) is 0 Å². The van der Waals surface area contributed by atoms with Crippen LogP contribution in [0, 0.1) is 0 Å². The van der Waals surface area contributed by atoms with Gasteiger partial charge in [0.1, 0.15) is 19.5 Å². The van der Waals surface area contributed by atoms with E-state index in [1.165, 1.54) is 0 Å². The van der Waals surface area contributed by atoms with E-state index in [1.807, 2.05) is 32.4 Å². The summed E-state index contributed by atoms with van der Waals surface area (Å²) >= 11 is 13.1. The summed E-state index contributed by atoms with van der Waals surface area (Å²) in [5, 5.41) is 11.4. The molecule has 0 aromatic rings. The maximum Gasteiger partial charge on any atom is 0.114 e. The van der Waals surface area contributed by atoms with Crippen molar-refractivity contribution in [2.75, 3.05) is 13.2 Å². The van der Waals surface area contributed by atoms with E-state index < -0.39 is 6.10 Å². The summed E-state index contributed by atoms with van der Waals surface area (Å²) in [6.07, 6.45) is 5.71. The largest absolute Gasteiger partial charge is 0.390 e. The molecule has 1 N–H and O–H groups in total. The van der Waals surface area contributed by atoms with E-state index in [0.29, 0.717) is 28.5 Å². The molecule has 0 aromatic carbocycles. The number of ether oxygens (including phenoxy) is 2. The van der Waals surface area contributed by atoms with Gasteiger partial charge < -0.3 is 14.6 Å². The Hall–Kier alpha value is 1.21. The molecule has 6 unspecified atom stereocenters. The lowest BCUT2D eigenvalue weighted by molar-refractivity contribution is -0.00834. The van der Waals surface area contributed by atoms with Gasteiger partial charge in [-0.15, -0.1) is 11.8 Å². The molecule has 26 heavy (non-hydrogen) atoms. The number of thioether (sulfide) groups is 1. The van der Waals surface area contributed by atoms with Crippen LogP contribution in [0.25, 0.3) is 0 Å².